The lowest BCUT2D eigenvalue weighted by Crippen LogP contribution is -2.73. The fourth-order valence-corrected chi connectivity index (χ4v) is 3.08. The van der Waals surface area contributed by atoms with E-state index in [0.717, 1.165) is 16.9 Å². The molecule has 0 spiro atoms. The van der Waals surface area contributed by atoms with E-state index >= 15 is 0 Å². The number of nitrogens with one attached hydrogen (secondary N) is 4. The molecule has 1 aliphatic carbocycles. The van der Waals surface area contributed by atoms with Crippen LogP contribution in [-0.4, -0.2) is 42.4 Å². The number of hydrogen-bond acceptors (Lipinski definition) is 4. The molecule has 0 amide bonds. The van der Waals surface area contributed by atoms with E-state index in [1.807, 2.05) is 14.1 Å². The van der Waals surface area contributed by atoms with Crippen molar-refractivity contribution in [3.05, 3.63) is 0 Å². The van der Waals surface area contributed by atoms with Crippen molar-refractivity contribution in [3.8, 4) is 0 Å². The highest BCUT2D eigenvalue weighted by molar-refractivity contribution is 6.04. The Morgan fingerprint density at radius 1 is 1.27 bits per heavy atom. The fraction of sp³-hybridized carbons (Fsp3) is 1.00. The van der Waals surface area contributed by atoms with Gasteiger partial charge in [0.05, 0.1) is 10.4 Å². The maximum atomic E-state index is 3.76. The Morgan fingerprint density at radius 2 is 1.87 bits per heavy atom. The Bertz CT molecular complexity index is 188. The SMILES string of the molecule is CNCC(NC)(N[SiH3])NC1(C)CCCC1. The third kappa shape index (κ3) is 3.25. The van der Waals surface area contributed by atoms with E-state index < -0.39 is 0 Å². The van der Waals surface area contributed by atoms with Gasteiger partial charge < -0.3 is 10.3 Å². The van der Waals surface area contributed by atoms with Gasteiger partial charge in [-0.25, -0.2) is 0 Å². The first-order valence-electron chi connectivity index (χ1n) is 5.91. The summed E-state index contributed by atoms with van der Waals surface area (Å²) in [6, 6.07) is 0. The average molecular weight is 230 g/mol. The molecule has 0 aromatic carbocycles. The van der Waals surface area contributed by atoms with Gasteiger partial charge in [-0.1, -0.05) is 12.8 Å². The fourth-order valence-electron chi connectivity index (χ4n) is 2.53. The summed E-state index contributed by atoms with van der Waals surface area (Å²) >= 11 is 0. The molecule has 0 heterocycles. The van der Waals surface area contributed by atoms with Crippen LogP contribution in [0, 0.1) is 0 Å². The van der Waals surface area contributed by atoms with E-state index in [0.29, 0.717) is 0 Å². The molecule has 0 saturated heterocycles. The van der Waals surface area contributed by atoms with Crippen molar-refractivity contribution in [1.29, 1.82) is 0 Å². The van der Waals surface area contributed by atoms with Gasteiger partial charge in [0, 0.05) is 12.1 Å². The minimum atomic E-state index is -0.139. The molecule has 0 aromatic rings. The maximum absolute atomic E-state index is 3.76. The van der Waals surface area contributed by atoms with Gasteiger partial charge in [-0.2, -0.15) is 0 Å². The van der Waals surface area contributed by atoms with Crippen molar-refractivity contribution < 1.29 is 0 Å². The monoisotopic (exact) mass is 230 g/mol. The van der Waals surface area contributed by atoms with Gasteiger partial charge in [0.2, 0.25) is 0 Å². The second-order valence-corrected chi connectivity index (χ2v) is 5.33. The van der Waals surface area contributed by atoms with E-state index in [1.54, 1.807) is 0 Å². The average Bonchev–Trinajstić information content (AvgIpc) is 2.64. The summed E-state index contributed by atoms with van der Waals surface area (Å²) in [6.07, 6.45) is 5.26. The zero-order chi connectivity index (χ0) is 11.4. The molecule has 1 unspecified atom stereocenters. The lowest BCUT2D eigenvalue weighted by molar-refractivity contribution is 0.172. The van der Waals surface area contributed by atoms with Crippen molar-refractivity contribution in [2.24, 2.45) is 0 Å². The molecule has 5 heteroatoms. The largest absolute Gasteiger partial charge is 0.316 e. The van der Waals surface area contributed by atoms with Gasteiger partial charge in [-0.15, -0.1) is 0 Å². The van der Waals surface area contributed by atoms with Gasteiger partial charge in [0.25, 0.3) is 0 Å². The molecular weight excluding hydrogens is 204 g/mol. The van der Waals surface area contributed by atoms with Crippen molar-refractivity contribution in [3.63, 3.8) is 0 Å². The van der Waals surface area contributed by atoms with E-state index in [2.05, 4.69) is 27.9 Å². The quantitative estimate of drug-likeness (QED) is 0.345. The van der Waals surface area contributed by atoms with E-state index in [4.69, 9.17) is 0 Å². The van der Waals surface area contributed by atoms with Crippen LogP contribution in [0.25, 0.3) is 0 Å². The molecule has 1 fully saturated rings. The van der Waals surface area contributed by atoms with E-state index in [1.165, 1.54) is 25.7 Å². The Balaban J connectivity index is 2.63. The summed E-state index contributed by atoms with van der Waals surface area (Å²) in [5, 5.41) is 10.4. The normalized spacial score (nSPS) is 24.2. The first kappa shape index (κ1) is 13.1. The molecule has 90 valence electrons. The predicted octanol–water partition coefficient (Wildman–Crippen LogP) is -1.13. The van der Waals surface area contributed by atoms with Crippen LogP contribution < -0.4 is 20.9 Å². The highest BCUT2D eigenvalue weighted by Crippen LogP contribution is 2.29. The highest BCUT2D eigenvalue weighted by Gasteiger charge is 2.36. The summed E-state index contributed by atoms with van der Waals surface area (Å²) < 4.78 is 0. The van der Waals surface area contributed by atoms with Crippen LogP contribution >= 0.6 is 0 Å². The van der Waals surface area contributed by atoms with E-state index in [-0.39, 0.29) is 11.3 Å². The minimum absolute atomic E-state index is 0.139. The summed E-state index contributed by atoms with van der Waals surface area (Å²) in [6.45, 7) is 3.23. The second-order valence-electron chi connectivity index (χ2n) is 4.83. The molecule has 0 bridgehead atoms. The zero-order valence-corrected chi connectivity index (χ0v) is 12.5. The van der Waals surface area contributed by atoms with Gasteiger partial charge in [-0.3, -0.25) is 10.6 Å². The van der Waals surface area contributed by atoms with Crippen molar-refractivity contribution in [1.82, 2.24) is 20.9 Å². The van der Waals surface area contributed by atoms with Gasteiger partial charge in [0.15, 0.2) is 0 Å². The van der Waals surface area contributed by atoms with Gasteiger partial charge in [-0.05, 0) is 33.9 Å². The van der Waals surface area contributed by atoms with Crippen LogP contribution in [0.15, 0.2) is 0 Å². The first-order chi connectivity index (χ1) is 7.10. The molecule has 0 aromatic heterocycles. The molecule has 0 radical (unpaired) electrons. The molecule has 15 heavy (non-hydrogen) atoms. The number of hydrogen-bond donors (Lipinski definition) is 4. The summed E-state index contributed by atoms with van der Waals surface area (Å²) in [5.41, 5.74) is 0.289. The zero-order valence-electron chi connectivity index (χ0n) is 10.5. The van der Waals surface area contributed by atoms with Crippen molar-refractivity contribution >= 4 is 10.4 Å². The van der Waals surface area contributed by atoms with Crippen LogP contribution in [-0.2, 0) is 0 Å². The Morgan fingerprint density at radius 3 is 2.27 bits per heavy atom. The standard InChI is InChI=1S/C10H26N4Si/c1-9(6-4-5-7-9)13-10(12-3,14-15)8-11-2/h11-14H,4-8H2,1-3,15H3. The second kappa shape index (κ2) is 5.40. The molecule has 1 saturated carbocycles. The van der Waals surface area contributed by atoms with Crippen molar-refractivity contribution in [2.45, 2.75) is 43.9 Å². The molecule has 1 atom stereocenters. The van der Waals surface area contributed by atoms with Crippen LogP contribution in [0.2, 0.25) is 0 Å². The van der Waals surface area contributed by atoms with Crippen LogP contribution in [0.1, 0.15) is 32.6 Å². The van der Waals surface area contributed by atoms with Crippen LogP contribution in [0.3, 0.4) is 0 Å². The molecule has 4 N–H and O–H groups in total. The Kier molecular flexibility index (Phi) is 4.73. The van der Waals surface area contributed by atoms with Gasteiger partial charge >= 0.3 is 0 Å². The first-order valence-corrected chi connectivity index (χ1v) is 6.91. The Labute approximate surface area is 96.5 Å². The van der Waals surface area contributed by atoms with Crippen LogP contribution in [0.5, 0.6) is 0 Å². The summed E-state index contributed by atoms with van der Waals surface area (Å²) in [7, 11) is 4.97. The highest BCUT2D eigenvalue weighted by atomic mass is 28.2. The third-order valence-electron chi connectivity index (χ3n) is 3.52. The predicted molar refractivity (Wildman–Crippen MR) is 68.8 cm³/mol. The minimum Gasteiger partial charge on any atom is -0.316 e. The third-order valence-corrected chi connectivity index (χ3v) is 4.37. The van der Waals surface area contributed by atoms with E-state index in [9.17, 15) is 0 Å². The van der Waals surface area contributed by atoms with Crippen LogP contribution in [0.4, 0.5) is 0 Å². The summed E-state index contributed by atoms with van der Waals surface area (Å²) in [4.78, 5) is 3.47. The van der Waals surface area contributed by atoms with Crippen molar-refractivity contribution in [2.75, 3.05) is 20.6 Å². The lowest BCUT2D eigenvalue weighted by Gasteiger charge is -2.42. The lowest BCUT2D eigenvalue weighted by atomic mass is 9.99. The topological polar surface area (TPSA) is 48.1 Å². The molecule has 0 aliphatic heterocycles. The molecule has 1 aliphatic rings. The van der Waals surface area contributed by atoms with Gasteiger partial charge in [0.1, 0.15) is 5.79 Å². The summed E-state index contributed by atoms with van der Waals surface area (Å²) in [5.74, 6) is -0.139. The number of likely N-dealkylation sites (N-methyl/N-ethyl adjacent to an activating group) is 2. The smallest absolute Gasteiger partial charge is 0.129 e. The molecular formula is C10H26N4Si. The maximum Gasteiger partial charge on any atom is 0.129 e. The molecule has 4 nitrogen and oxygen atoms in total. The number of rotatable bonds is 6. The Hall–Kier alpha value is 0.0569. The molecule has 1 rings (SSSR count).